The highest BCUT2D eigenvalue weighted by molar-refractivity contribution is 5.82. The number of aryl methyl sites for hydroxylation is 2. The Bertz CT molecular complexity index is 2410. The first-order chi connectivity index (χ1) is 28.3. The summed E-state index contributed by atoms with van der Waals surface area (Å²) >= 11 is 0. The van der Waals surface area contributed by atoms with Crippen molar-refractivity contribution in [1.82, 2.24) is 19.9 Å². The number of nitrogen functional groups attached to an aromatic ring is 1. The van der Waals surface area contributed by atoms with Gasteiger partial charge in [0.2, 0.25) is 0 Å². The van der Waals surface area contributed by atoms with E-state index in [2.05, 4.69) is 33.8 Å². The number of methoxy groups -OCH3 is 4. The number of nitrogens with one attached hydrogen (secondary N) is 2. The molecule has 0 saturated carbocycles. The lowest BCUT2D eigenvalue weighted by Gasteiger charge is -2.12. The number of hydrogen-bond donors (Lipinski definition) is 5. The number of carbonyl (C=O) groups excluding carboxylic acids is 1. The number of H-pyrrole nitrogens is 2. The lowest BCUT2D eigenvalue weighted by atomic mass is 10.1. The van der Waals surface area contributed by atoms with E-state index in [0.29, 0.717) is 80.8 Å². The Kier molecular flexibility index (Phi) is 18.3. The van der Waals surface area contributed by atoms with Crippen LogP contribution in [0.4, 0.5) is 5.69 Å². The molecule has 316 valence electrons. The van der Waals surface area contributed by atoms with Crippen molar-refractivity contribution in [3.05, 3.63) is 98.6 Å². The Morgan fingerprint density at radius 3 is 1.58 bits per heavy atom. The Labute approximate surface area is 341 Å². The highest BCUT2D eigenvalue weighted by Crippen LogP contribution is 2.32. The number of ether oxygens (including phenoxy) is 6. The van der Waals surface area contributed by atoms with Gasteiger partial charge in [-0.3, -0.25) is 14.4 Å². The molecule has 0 atom stereocenters. The first-order valence-corrected chi connectivity index (χ1v) is 18.7. The Hall–Kier alpha value is -6.97. The maximum absolute atomic E-state index is 11.7. The average Bonchev–Trinajstić information content (AvgIpc) is 3.23. The number of fused-ring (bicyclic) bond motifs is 2. The van der Waals surface area contributed by atoms with Gasteiger partial charge in [0.05, 0.1) is 76.1 Å². The van der Waals surface area contributed by atoms with Crippen LogP contribution in [0.5, 0.6) is 46.0 Å². The summed E-state index contributed by atoms with van der Waals surface area (Å²) in [5.74, 6) is 3.26. The largest absolute Gasteiger partial charge is 0.504 e. The zero-order valence-corrected chi connectivity index (χ0v) is 34.6. The summed E-state index contributed by atoms with van der Waals surface area (Å²) in [5, 5.41) is 19.5. The van der Waals surface area contributed by atoms with E-state index in [-0.39, 0.29) is 22.6 Å². The van der Waals surface area contributed by atoms with Crippen LogP contribution in [0.2, 0.25) is 0 Å². The Morgan fingerprint density at radius 1 is 0.610 bits per heavy atom. The maximum atomic E-state index is 11.7. The fraction of sp³-hybridized carbons (Fsp3) is 0.326. The summed E-state index contributed by atoms with van der Waals surface area (Å²) in [6.45, 7) is 9.16. The monoisotopic (exact) mass is 815 g/mol. The number of hydrogen-bond acceptors (Lipinski definition) is 14. The van der Waals surface area contributed by atoms with Gasteiger partial charge in [-0.25, -0.2) is 9.97 Å². The molecule has 0 aliphatic carbocycles. The average molecular weight is 816 g/mol. The third-order valence-corrected chi connectivity index (χ3v) is 8.62. The highest BCUT2D eigenvalue weighted by atomic mass is 16.5. The van der Waals surface area contributed by atoms with Crippen molar-refractivity contribution in [2.24, 2.45) is 0 Å². The van der Waals surface area contributed by atoms with Crippen molar-refractivity contribution in [3.63, 3.8) is 0 Å². The number of aldehydes is 1. The minimum atomic E-state index is -0.284. The fourth-order valence-corrected chi connectivity index (χ4v) is 5.18. The molecular formula is C43H53N5O11. The fourth-order valence-electron chi connectivity index (χ4n) is 5.18. The molecule has 16 heteroatoms. The second kappa shape index (κ2) is 23.3. The second-order valence-electron chi connectivity index (χ2n) is 12.8. The molecular weight excluding hydrogens is 762 g/mol. The van der Waals surface area contributed by atoms with Crippen LogP contribution in [-0.2, 0) is 0 Å². The van der Waals surface area contributed by atoms with Gasteiger partial charge in [0, 0.05) is 29.4 Å². The van der Waals surface area contributed by atoms with Crippen molar-refractivity contribution >= 4 is 33.8 Å². The molecule has 0 saturated heterocycles. The number of anilines is 1. The number of aromatic nitrogens is 4. The van der Waals surface area contributed by atoms with E-state index in [1.54, 1.807) is 44.6 Å². The molecule has 0 bridgehead atoms. The number of carbonyl (C=O) groups is 1. The van der Waals surface area contributed by atoms with Crippen LogP contribution >= 0.6 is 0 Å². The summed E-state index contributed by atoms with van der Waals surface area (Å²) in [6, 6.07) is 13.0. The van der Waals surface area contributed by atoms with E-state index in [0.717, 1.165) is 43.1 Å². The zero-order valence-electron chi connectivity index (χ0n) is 34.6. The van der Waals surface area contributed by atoms with Gasteiger partial charge in [0.15, 0.2) is 46.0 Å². The third kappa shape index (κ3) is 13.0. The lowest BCUT2D eigenvalue weighted by Crippen LogP contribution is -2.07. The van der Waals surface area contributed by atoms with Gasteiger partial charge in [-0.05, 0) is 68.1 Å². The van der Waals surface area contributed by atoms with Crippen LogP contribution in [-0.4, -0.2) is 78.1 Å². The standard InChI is InChI=1S/C13H16N2O3.C13H18O3.C9H8N2O3.C8H11NO2/c1-3-4-5-18-12-6-9-10(7-11(12)17-2)14-8-15-13(9)16;1-4-5-6-16-13-8-11(9-14)10(2)7-12(13)15-3;1-14-8-3-6-5(2-7(8)12)9(13)11-4-10-6;1-5-3-7(10)8(11-2)4-6(5)9/h6-8H,3-5H2,1-2H3,(H,14,15,16);7-9H,4-6H2,1-3H3;2-4,12H,1H3,(H,10,11,13);3-4,10H,9H2,1-2H3. The topological polar surface area (TPSA) is 230 Å². The molecule has 6 N–H and O–H groups in total. The van der Waals surface area contributed by atoms with Crippen LogP contribution in [0.15, 0.2) is 70.8 Å². The number of unbranched alkanes of at least 4 members (excludes halogenated alkanes) is 2. The summed E-state index contributed by atoms with van der Waals surface area (Å²) in [5.41, 5.74) is 9.22. The number of phenolic OH excluding ortho intramolecular Hbond substituents is 2. The van der Waals surface area contributed by atoms with Gasteiger partial charge < -0.3 is 54.3 Å². The van der Waals surface area contributed by atoms with Crippen LogP contribution < -0.4 is 45.3 Å². The molecule has 0 aliphatic rings. The SMILES string of the molecule is CCCCOc1cc(C=O)c(C)cc1OC.CCCCOc1cc2c(=O)[nH]cnc2cc1OC.COc1cc(N)c(C)cc1O.COc1cc2nc[nH]c(=O)c2cc1O. The molecule has 0 fully saturated rings. The van der Waals surface area contributed by atoms with Crippen molar-refractivity contribution < 1.29 is 43.4 Å². The molecule has 0 unspecified atom stereocenters. The van der Waals surface area contributed by atoms with E-state index < -0.39 is 0 Å². The third-order valence-electron chi connectivity index (χ3n) is 8.62. The van der Waals surface area contributed by atoms with E-state index in [1.807, 2.05) is 19.9 Å². The van der Waals surface area contributed by atoms with E-state index in [4.69, 9.17) is 34.2 Å². The smallest absolute Gasteiger partial charge is 0.258 e. The number of rotatable bonds is 13. The normalized spacial score (nSPS) is 10.2. The van der Waals surface area contributed by atoms with Gasteiger partial charge in [0.25, 0.3) is 11.1 Å². The molecule has 2 heterocycles. The maximum Gasteiger partial charge on any atom is 0.258 e. The Balaban J connectivity index is 0.000000213. The first-order valence-electron chi connectivity index (χ1n) is 18.7. The second-order valence-corrected chi connectivity index (χ2v) is 12.8. The molecule has 2 aromatic heterocycles. The number of phenols is 2. The van der Waals surface area contributed by atoms with E-state index in [9.17, 15) is 24.6 Å². The van der Waals surface area contributed by atoms with E-state index >= 15 is 0 Å². The van der Waals surface area contributed by atoms with Gasteiger partial charge in [-0.2, -0.15) is 0 Å². The molecule has 4 aromatic carbocycles. The van der Waals surface area contributed by atoms with Gasteiger partial charge in [0.1, 0.15) is 6.29 Å². The molecule has 0 amide bonds. The highest BCUT2D eigenvalue weighted by Gasteiger charge is 2.11. The zero-order chi connectivity index (χ0) is 43.5. The lowest BCUT2D eigenvalue weighted by molar-refractivity contribution is 0.112. The minimum Gasteiger partial charge on any atom is -0.504 e. The molecule has 6 rings (SSSR count). The molecule has 0 radical (unpaired) electrons. The molecule has 6 aromatic rings. The summed E-state index contributed by atoms with van der Waals surface area (Å²) in [4.78, 5) is 46.8. The first kappa shape index (κ1) is 46.4. The number of aromatic amines is 2. The number of nitrogens with two attached hydrogens (primary N) is 1. The van der Waals surface area contributed by atoms with Crippen LogP contribution in [0.1, 0.15) is 61.0 Å². The molecule has 0 spiro atoms. The van der Waals surface area contributed by atoms with Crippen molar-refractivity contribution in [1.29, 1.82) is 0 Å². The van der Waals surface area contributed by atoms with Crippen molar-refractivity contribution in [2.45, 2.75) is 53.4 Å². The van der Waals surface area contributed by atoms with Crippen molar-refractivity contribution in [3.8, 4) is 46.0 Å². The van der Waals surface area contributed by atoms with Gasteiger partial charge in [-0.1, -0.05) is 26.7 Å². The van der Waals surface area contributed by atoms with Crippen molar-refractivity contribution in [2.75, 3.05) is 47.4 Å². The Morgan fingerprint density at radius 2 is 1.07 bits per heavy atom. The summed E-state index contributed by atoms with van der Waals surface area (Å²) in [7, 11) is 6.10. The van der Waals surface area contributed by atoms with Gasteiger partial charge >= 0.3 is 0 Å². The van der Waals surface area contributed by atoms with Crippen LogP contribution in [0, 0.1) is 13.8 Å². The summed E-state index contributed by atoms with van der Waals surface area (Å²) in [6.07, 6.45) is 7.61. The van der Waals surface area contributed by atoms with Crippen LogP contribution in [0.3, 0.4) is 0 Å². The number of aromatic hydroxyl groups is 2. The quantitative estimate of drug-likeness (QED) is 0.0341. The van der Waals surface area contributed by atoms with E-state index in [1.165, 1.54) is 39.0 Å². The number of benzene rings is 4. The number of nitrogens with zero attached hydrogens (tertiary/aromatic N) is 2. The predicted molar refractivity (Wildman–Crippen MR) is 227 cm³/mol. The summed E-state index contributed by atoms with van der Waals surface area (Å²) < 4.78 is 31.4. The van der Waals surface area contributed by atoms with Crippen LogP contribution in [0.25, 0.3) is 21.8 Å². The molecule has 0 aliphatic heterocycles. The predicted octanol–water partition coefficient (Wildman–Crippen LogP) is 7.03. The minimum absolute atomic E-state index is 0.0708. The molecule has 16 nitrogen and oxygen atoms in total. The van der Waals surface area contributed by atoms with Gasteiger partial charge in [-0.15, -0.1) is 0 Å². The molecule has 59 heavy (non-hydrogen) atoms.